The monoisotopic (exact) mass is 390 g/mol. The van der Waals surface area contributed by atoms with Crippen LogP contribution in [0, 0.1) is 45.9 Å². The zero-order valence-corrected chi connectivity index (χ0v) is 17.4. The first-order valence-electron chi connectivity index (χ1n) is 8.92. The van der Waals surface area contributed by atoms with Crippen LogP contribution in [-0.2, 0) is 4.79 Å². The highest BCUT2D eigenvalue weighted by Crippen LogP contribution is 2.26. The zero-order valence-electron chi connectivity index (χ0n) is 16.6. The molecule has 3 rings (SSSR count). The van der Waals surface area contributed by atoms with Gasteiger partial charge in [0.2, 0.25) is 0 Å². The molecule has 0 radical (unpaired) electrons. The van der Waals surface area contributed by atoms with E-state index in [2.05, 4.69) is 46.9 Å². The molecule has 0 aliphatic heterocycles. The van der Waals surface area contributed by atoms with E-state index in [1.54, 1.807) is 6.08 Å². The quantitative estimate of drug-likeness (QED) is 0.502. The van der Waals surface area contributed by atoms with Gasteiger partial charge in [-0.1, -0.05) is 12.1 Å². The molecule has 1 aromatic carbocycles. The van der Waals surface area contributed by atoms with Crippen LogP contribution in [0.2, 0.25) is 0 Å². The van der Waals surface area contributed by atoms with Crippen LogP contribution >= 0.6 is 11.3 Å². The molecular formula is C22H22N4OS. The largest absolute Gasteiger partial charge is 0.318 e. The second-order valence-electron chi connectivity index (χ2n) is 6.87. The van der Waals surface area contributed by atoms with Crippen LogP contribution in [0.1, 0.15) is 33.8 Å². The Labute approximate surface area is 169 Å². The molecule has 1 amide bonds. The Balaban J connectivity index is 1.98. The van der Waals surface area contributed by atoms with Crippen LogP contribution in [-0.4, -0.2) is 15.5 Å². The van der Waals surface area contributed by atoms with Crippen LogP contribution < -0.4 is 5.32 Å². The number of hydrogen-bond donors (Lipinski definition) is 1. The summed E-state index contributed by atoms with van der Waals surface area (Å²) in [5.41, 5.74) is 7.22. The lowest BCUT2D eigenvalue weighted by Crippen LogP contribution is -2.13. The van der Waals surface area contributed by atoms with Gasteiger partial charge in [0.1, 0.15) is 11.6 Å². The number of thiazole rings is 1. The highest BCUT2D eigenvalue weighted by Gasteiger charge is 2.15. The number of nitrogens with one attached hydrogen (secondary N) is 1. The van der Waals surface area contributed by atoms with Crippen molar-refractivity contribution < 1.29 is 4.79 Å². The minimum absolute atomic E-state index is 0.0501. The van der Waals surface area contributed by atoms with Crippen molar-refractivity contribution >= 4 is 28.5 Å². The molecule has 5 nitrogen and oxygen atoms in total. The normalized spacial score (nSPS) is 11.4. The van der Waals surface area contributed by atoms with Gasteiger partial charge in [-0.15, -0.1) is 11.3 Å². The topological polar surface area (TPSA) is 70.7 Å². The van der Waals surface area contributed by atoms with Crippen LogP contribution in [0.3, 0.4) is 0 Å². The Morgan fingerprint density at radius 1 is 1.21 bits per heavy atom. The molecule has 0 fully saturated rings. The van der Waals surface area contributed by atoms with Crippen molar-refractivity contribution in [1.29, 1.82) is 5.26 Å². The van der Waals surface area contributed by atoms with E-state index in [9.17, 15) is 10.1 Å². The SMILES string of the molecule is Cc1ccc(C)c(-n2c(C)cc(/C=C(/C#N)C(=O)Nc3nc(C)cs3)c2C)c1. The fourth-order valence-electron chi connectivity index (χ4n) is 3.14. The van der Waals surface area contributed by atoms with Crippen molar-refractivity contribution in [2.75, 3.05) is 5.32 Å². The van der Waals surface area contributed by atoms with E-state index < -0.39 is 5.91 Å². The number of anilines is 1. The molecule has 2 aromatic heterocycles. The summed E-state index contributed by atoms with van der Waals surface area (Å²) in [6, 6.07) is 10.3. The average molecular weight is 391 g/mol. The Morgan fingerprint density at radius 2 is 1.96 bits per heavy atom. The van der Waals surface area contributed by atoms with Gasteiger partial charge in [0.15, 0.2) is 5.13 Å². The van der Waals surface area contributed by atoms with Crippen molar-refractivity contribution in [2.24, 2.45) is 0 Å². The Hall–Kier alpha value is -3.17. The molecule has 28 heavy (non-hydrogen) atoms. The highest BCUT2D eigenvalue weighted by molar-refractivity contribution is 7.13. The number of carbonyl (C=O) groups excluding carboxylic acids is 1. The lowest BCUT2D eigenvalue weighted by Gasteiger charge is -2.13. The number of benzene rings is 1. The van der Waals surface area contributed by atoms with E-state index in [0.717, 1.165) is 28.3 Å². The van der Waals surface area contributed by atoms with E-state index >= 15 is 0 Å². The third-order valence-corrected chi connectivity index (χ3v) is 5.46. The van der Waals surface area contributed by atoms with Gasteiger partial charge in [-0.2, -0.15) is 5.26 Å². The van der Waals surface area contributed by atoms with Gasteiger partial charge in [0.25, 0.3) is 5.91 Å². The molecular weight excluding hydrogens is 368 g/mol. The number of carbonyl (C=O) groups is 1. The van der Waals surface area contributed by atoms with Gasteiger partial charge in [-0.3, -0.25) is 10.1 Å². The molecule has 0 spiro atoms. The number of nitrogens with zero attached hydrogens (tertiary/aromatic N) is 3. The minimum atomic E-state index is -0.451. The van der Waals surface area contributed by atoms with Crippen molar-refractivity contribution in [1.82, 2.24) is 9.55 Å². The van der Waals surface area contributed by atoms with E-state index in [1.807, 2.05) is 38.3 Å². The molecule has 0 aliphatic rings. The number of nitriles is 1. The van der Waals surface area contributed by atoms with Gasteiger partial charge in [-0.25, -0.2) is 4.98 Å². The summed E-state index contributed by atoms with van der Waals surface area (Å²) in [5.74, 6) is -0.451. The van der Waals surface area contributed by atoms with Gasteiger partial charge in [-0.05, 0) is 69.5 Å². The van der Waals surface area contributed by atoms with Crippen LogP contribution in [0.5, 0.6) is 0 Å². The lowest BCUT2D eigenvalue weighted by molar-refractivity contribution is -0.112. The van der Waals surface area contributed by atoms with Gasteiger partial charge < -0.3 is 4.57 Å². The predicted molar refractivity (Wildman–Crippen MR) is 114 cm³/mol. The van der Waals surface area contributed by atoms with E-state index in [0.29, 0.717) is 5.13 Å². The number of hydrogen-bond acceptors (Lipinski definition) is 4. The maximum Gasteiger partial charge on any atom is 0.268 e. The first kappa shape index (κ1) is 19.6. The first-order chi connectivity index (χ1) is 13.3. The summed E-state index contributed by atoms with van der Waals surface area (Å²) in [6.45, 7) is 10.0. The number of amides is 1. The smallest absolute Gasteiger partial charge is 0.268 e. The van der Waals surface area contributed by atoms with E-state index in [1.165, 1.54) is 22.5 Å². The first-order valence-corrected chi connectivity index (χ1v) is 9.80. The lowest BCUT2D eigenvalue weighted by atomic mass is 10.1. The molecule has 3 aromatic rings. The second-order valence-corrected chi connectivity index (χ2v) is 7.73. The molecule has 142 valence electrons. The summed E-state index contributed by atoms with van der Waals surface area (Å²) in [4.78, 5) is 16.7. The van der Waals surface area contributed by atoms with Crippen LogP contribution in [0.4, 0.5) is 5.13 Å². The Morgan fingerprint density at radius 3 is 2.61 bits per heavy atom. The fraction of sp³-hybridized carbons (Fsp3) is 0.227. The summed E-state index contributed by atoms with van der Waals surface area (Å²) < 4.78 is 2.16. The molecule has 0 saturated heterocycles. The van der Waals surface area contributed by atoms with Gasteiger partial charge >= 0.3 is 0 Å². The van der Waals surface area contributed by atoms with Crippen LogP contribution in [0.15, 0.2) is 35.2 Å². The molecule has 0 bridgehead atoms. The predicted octanol–water partition coefficient (Wildman–Crippen LogP) is 5.02. The molecule has 6 heteroatoms. The van der Waals surface area contributed by atoms with E-state index in [-0.39, 0.29) is 5.57 Å². The molecule has 0 atom stereocenters. The summed E-state index contributed by atoms with van der Waals surface area (Å²) in [6.07, 6.45) is 1.64. The standard InChI is InChI=1S/C22H22N4OS/c1-13-6-7-14(2)20(8-13)26-16(4)9-18(17(26)5)10-19(11-23)21(27)25-22-24-15(3)12-28-22/h6-10,12H,1-5H3,(H,24,25,27)/b19-10-. The van der Waals surface area contributed by atoms with Crippen molar-refractivity contribution in [3.8, 4) is 11.8 Å². The molecule has 2 heterocycles. The molecule has 1 N–H and O–H groups in total. The maximum absolute atomic E-state index is 12.5. The second kappa shape index (κ2) is 7.83. The highest BCUT2D eigenvalue weighted by atomic mass is 32.1. The van der Waals surface area contributed by atoms with Gasteiger partial charge in [0.05, 0.1) is 5.69 Å². The average Bonchev–Trinajstić information content (AvgIpc) is 3.17. The number of aryl methyl sites for hydroxylation is 4. The summed E-state index contributed by atoms with van der Waals surface area (Å²) >= 11 is 1.34. The third-order valence-electron chi connectivity index (χ3n) is 4.58. The number of rotatable bonds is 4. The van der Waals surface area contributed by atoms with Crippen molar-refractivity contribution in [3.63, 3.8) is 0 Å². The van der Waals surface area contributed by atoms with Crippen molar-refractivity contribution in [2.45, 2.75) is 34.6 Å². The summed E-state index contributed by atoms with van der Waals surface area (Å²) in [5, 5.41) is 14.5. The zero-order chi connectivity index (χ0) is 20.4. The Kier molecular flexibility index (Phi) is 5.48. The number of aromatic nitrogens is 2. The summed E-state index contributed by atoms with van der Waals surface area (Å²) in [7, 11) is 0. The third kappa shape index (κ3) is 3.90. The van der Waals surface area contributed by atoms with Crippen molar-refractivity contribution in [3.05, 3.63) is 69.0 Å². The fourth-order valence-corrected chi connectivity index (χ4v) is 3.83. The maximum atomic E-state index is 12.5. The van der Waals surface area contributed by atoms with Crippen LogP contribution in [0.25, 0.3) is 11.8 Å². The van der Waals surface area contributed by atoms with E-state index in [4.69, 9.17) is 0 Å². The minimum Gasteiger partial charge on any atom is -0.318 e. The molecule has 0 aliphatic carbocycles. The Bertz CT molecular complexity index is 1130. The molecule has 0 saturated carbocycles. The van der Waals surface area contributed by atoms with Gasteiger partial charge in [0, 0.05) is 22.5 Å². The molecule has 0 unspecified atom stereocenters.